The predicted octanol–water partition coefficient (Wildman–Crippen LogP) is 4.60. The van der Waals surface area contributed by atoms with Gasteiger partial charge in [-0.1, -0.05) is 29.3 Å². The third-order valence-corrected chi connectivity index (χ3v) is 3.92. The Balaban J connectivity index is 1.83. The first-order valence-corrected chi connectivity index (χ1v) is 7.67. The highest BCUT2D eigenvalue weighted by molar-refractivity contribution is 6.37. The molecule has 1 N–H and O–H groups in total. The number of anilines is 1. The number of hydrogen-bond donors (Lipinski definition) is 1. The van der Waals surface area contributed by atoms with Gasteiger partial charge in [-0.15, -0.1) is 0 Å². The van der Waals surface area contributed by atoms with Crippen molar-refractivity contribution in [2.24, 2.45) is 0 Å². The monoisotopic (exact) mass is 345 g/mol. The van der Waals surface area contributed by atoms with E-state index in [-0.39, 0.29) is 5.91 Å². The molecule has 0 unspecified atom stereocenters. The van der Waals surface area contributed by atoms with Gasteiger partial charge in [0.1, 0.15) is 0 Å². The molecule has 3 aromatic rings. The molecular weight excluding hydrogens is 333 g/mol. The molecule has 6 heteroatoms. The number of amides is 1. The summed E-state index contributed by atoms with van der Waals surface area (Å²) in [4.78, 5) is 16.5. The first-order chi connectivity index (χ1) is 11.0. The Morgan fingerprint density at radius 3 is 2.70 bits per heavy atom. The second-order valence-corrected chi connectivity index (χ2v) is 5.81. The van der Waals surface area contributed by atoms with Gasteiger partial charge in [0, 0.05) is 34.1 Å². The maximum Gasteiger partial charge on any atom is 0.248 e. The Morgan fingerprint density at radius 2 is 1.96 bits per heavy atom. The van der Waals surface area contributed by atoms with Gasteiger partial charge in [-0.2, -0.15) is 0 Å². The highest BCUT2D eigenvalue weighted by Crippen LogP contribution is 2.25. The van der Waals surface area contributed by atoms with Crippen molar-refractivity contribution in [2.75, 3.05) is 5.32 Å². The highest BCUT2D eigenvalue weighted by atomic mass is 35.5. The number of fused-ring (bicyclic) bond motifs is 1. The molecule has 23 heavy (non-hydrogen) atoms. The molecule has 0 bridgehead atoms. The van der Waals surface area contributed by atoms with E-state index in [0.717, 1.165) is 5.69 Å². The van der Waals surface area contributed by atoms with E-state index in [1.54, 1.807) is 30.3 Å². The zero-order valence-corrected chi connectivity index (χ0v) is 13.8. The fourth-order valence-corrected chi connectivity index (χ4v) is 2.76. The van der Waals surface area contributed by atoms with Crippen LogP contribution in [-0.4, -0.2) is 15.3 Å². The fraction of sp³-hybridized carbons (Fsp3) is 0.0588. The Morgan fingerprint density at radius 1 is 1.22 bits per heavy atom. The van der Waals surface area contributed by atoms with Gasteiger partial charge in [-0.25, -0.2) is 4.98 Å². The van der Waals surface area contributed by atoms with E-state index in [1.807, 2.05) is 29.8 Å². The Labute approximate surface area is 143 Å². The van der Waals surface area contributed by atoms with Gasteiger partial charge in [0.15, 0.2) is 5.65 Å². The summed E-state index contributed by atoms with van der Waals surface area (Å²) in [6, 6.07) is 8.84. The van der Waals surface area contributed by atoms with Crippen molar-refractivity contribution >= 4 is 46.5 Å². The molecule has 2 aromatic heterocycles. The van der Waals surface area contributed by atoms with Gasteiger partial charge in [0.25, 0.3) is 0 Å². The smallest absolute Gasteiger partial charge is 0.248 e. The maximum absolute atomic E-state index is 12.1. The van der Waals surface area contributed by atoms with E-state index in [2.05, 4.69) is 10.3 Å². The van der Waals surface area contributed by atoms with E-state index in [0.29, 0.717) is 26.9 Å². The van der Waals surface area contributed by atoms with Gasteiger partial charge in [-0.3, -0.25) is 4.79 Å². The quantitative estimate of drug-likeness (QED) is 0.705. The Bertz CT molecular complexity index is 895. The van der Waals surface area contributed by atoms with Crippen molar-refractivity contribution in [1.29, 1.82) is 0 Å². The first kappa shape index (κ1) is 15.6. The van der Waals surface area contributed by atoms with Gasteiger partial charge >= 0.3 is 0 Å². The number of aryl methyl sites for hydroxylation is 1. The van der Waals surface area contributed by atoms with Crippen molar-refractivity contribution in [3.8, 4) is 0 Å². The molecule has 0 atom stereocenters. The van der Waals surface area contributed by atoms with Crippen LogP contribution in [0.3, 0.4) is 0 Å². The fourth-order valence-electron chi connectivity index (χ4n) is 2.24. The molecule has 0 radical (unpaired) electrons. The minimum absolute atomic E-state index is 0.283. The number of imidazole rings is 1. The van der Waals surface area contributed by atoms with E-state index in [1.165, 1.54) is 6.08 Å². The SMILES string of the molecule is Cc1cn2cccc(NC(=O)C=Cc3c(Cl)cccc3Cl)c2n1. The second kappa shape index (κ2) is 6.44. The molecule has 116 valence electrons. The topological polar surface area (TPSA) is 46.4 Å². The van der Waals surface area contributed by atoms with Crippen LogP contribution in [0.5, 0.6) is 0 Å². The summed E-state index contributed by atoms with van der Waals surface area (Å²) in [7, 11) is 0. The molecule has 2 heterocycles. The van der Waals surface area contributed by atoms with Crippen LogP contribution in [0, 0.1) is 6.92 Å². The summed E-state index contributed by atoms with van der Waals surface area (Å²) in [5.41, 5.74) is 2.83. The van der Waals surface area contributed by atoms with Crippen LogP contribution in [0.15, 0.2) is 48.8 Å². The van der Waals surface area contributed by atoms with Crippen molar-refractivity contribution in [1.82, 2.24) is 9.38 Å². The van der Waals surface area contributed by atoms with Crippen LogP contribution in [0.1, 0.15) is 11.3 Å². The molecular formula is C17H13Cl2N3O. The highest BCUT2D eigenvalue weighted by Gasteiger charge is 2.07. The third-order valence-electron chi connectivity index (χ3n) is 3.26. The number of pyridine rings is 1. The lowest BCUT2D eigenvalue weighted by atomic mass is 10.2. The summed E-state index contributed by atoms with van der Waals surface area (Å²) < 4.78 is 1.86. The zero-order chi connectivity index (χ0) is 16.4. The number of carbonyl (C=O) groups is 1. The summed E-state index contributed by atoms with van der Waals surface area (Å²) in [5, 5.41) is 3.80. The molecule has 3 rings (SSSR count). The lowest BCUT2D eigenvalue weighted by molar-refractivity contribution is -0.111. The Kier molecular flexibility index (Phi) is 4.37. The second-order valence-electron chi connectivity index (χ2n) is 4.99. The van der Waals surface area contributed by atoms with Gasteiger partial charge in [0.2, 0.25) is 5.91 Å². The van der Waals surface area contributed by atoms with Crippen LogP contribution >= 0.6 is 23.2 Å². The van der Waals surface area contributed by atoms with Gasteiger partial charge < -0.3 is 9.72 Å². The number of nitrogens with zero attached hydrogens (tertiary/aromatic N) is 2. The van der Waals surface area contributed by atoms with Crippen molar-refractivity contribution in [2.45, 2.75) is 6.92 Å². The van der Waals surface area contributed by atoms with Crippen LogP contribution in [0.25, 0.3) is 11.7 Å². The lowest BCUT2D eigenvalue weighted by Gasteiger charge is -2.04. The molecule has 0 spiro atoms. The number of rotatable bonds is 3. The van der Waals surface area contributed by atoms with Crippen LogP contribution < -0.4 is 5.32 Å². The lowest BCUT2D eigenvalue weighted by Crippen LogP contribution is -2.09. The summed E-state index contributed by atoms with van der Waals surface area (Å²) in [6.45, 7) is 1.90. The zero-order valence-electron chi connectivity index (χ0n) is 12.3. The molecule has 0 aliphatic carbocycles. The summed E-state index contributed by atoms with van der Waals surface area (Å²) >= 11 is 12.1. The number of halogens is 2. The number of benzene rings is 1. The van der Waals surface area contributed by atoms with E-state index in [4.69, 9.17) is 23.2 Å². The largest absolute Gasteiger partial charge is 0.319 e. The van der Waals surface area contributed by atoms with Gasteiger partial charge in [-0.05, 0) is 37.3 Å². The molecule has 1 aromatic carbocycles. The van der Waals surface area contributed by atoms with Gasteiger partial charge in [0.05, 0.1) is 11.4 Å². The van der Waals surface area contributed by atoms with E-state index in [9.17, 15) is 4.79 Å². The number of aromatic nitrogens is 2. The average molecular weight is 346 g/mol. The minimum Gasteiger partial charge on any atom is -0.319 e. The molecule has 0 aliphatic heterocycles. The van der Waals surface area contributed by atoms with Crippen LogP contribution in [-0.2, 0) is 4.79 Å². The van der Waals surface area contributed by atoms with E-state index < -0.39 is 0 Å². The normalized spacial score (nSPS) is 11.3. The van der Waals surface area contributed by atoms with Crippen LogP contribution in [0.4, 0.5) is 5.69 Å². The third kappa shape index (κ3) is 3.38. The van der Waals surface area contributed by atoms with E-state index >= 15 is 0 Å². The minimum atomic E-state index is -0.283. The molecule has 0 aliphatic rings. The molecule has 0 fully saturated rings. The number of nitrogens with one attached hydrogen (secondary N) is 1. The van der Waals surface area contributed by atoms with Crippen molar-refractivity contribution < 1.29 is 4.79 Å². The maximum atomic E-state index is 12.1. The number of carbonyl (C=O) groups excluding carboxylic acids is 1. The molecule has 0 saturated heterocycles. The summed E-state index contributed by atoms with van der Waals surface area (Å²) in [6.07, 6.45) is 6.76. The molecule has 4 nitrogen and oxygen atoms in total. The first-order valence-electron chi connectivity index (χ1n) is 6.92. The average Bonchev–Trinajstić information content (AvgIpc) is 2.88. The standard InChI is InChI=1S/C17H13Cl2N3O/c1-11-10-22-9-3-6-15(17(22)20-11)21-16(23)8-7-12-13(18)4-2-5-14(12)19/h2-10H,1H3,(H,21,23). The predicted molar refractivity (Wildman–Crippen MR) is 94.1 cm³/mol. The Hall–Kier alpha value is -2.30. The van der Waals surface area contributed by atoms with Crippen LogP contribution in [0.2, 0.25) is 10.0 Å². The molecule has 0 saturated carbocycles. The van der Waals surface area contributed by atoms with Crippen molar-refractivity contribution in [3.63, 3.8) is 0 Å². The summed E-state index contributed by atoms with van der Waals surface area (Å²) in [5.74, 6) is -0.283. The van der Waals surface area contributed by atoms with Crippen molar-refractivity contribution in [3.05, 3.63) is 70.1 Å². The number of hydrogen-bond acceptors (Lipinski definition) is 2. The molecule has 1 amide bonds.